The number of thioether (sulfide) groups is 1. The predicted octanol–water partition coefficient (Wildman–Crippen LogP) is 0.146. The molecule has 0 radical (unpaired) electrons. The quantitative estimate of drug-likeness (QED) is 0.770. The van der Waals surface area contributed by atoms with Crippen LogP contribution in [-0.4, -0.2) is 64.3 Å². The molecule has 2 saturated heterocycles. The number of nitrogens with one attached hydrogen (secondary N) is 1. The van der Waals surface area contributed by atoms with E-state index in [0.717, 1.165) is 24.6 Å². The van der Waals surface area contributed by atoms with E-state index in [2.05, 4.69) is 22.0 Å². The highest BCUT2D eigenvalue weighted by molar-refractivity contribution is 7.99. The van der Waals surface area contributed by atoms with Crippen molar-refractivity contribution in [1.82, 2.24) is 10.2 Å². The van der Waals surface area contributed by atoms with Gasteiger partial charge in [0.2, 0.25) is 0 Å². The van der Waals surface area contributed by atoms with E-state index in [0.29, 0.717) is 6.04 Å². The monoisotopic (exact) mass is 248 g/mol. The molecule has 0 bridgehead atoms. The fourth-order valence-corrected chi connectivity index (χ4v) is 4.17. The van der Waals surface area contributed by atoms with Crippen molar-refractivity contribution in [2.45, 2.75) is 12.5 Å². The van der Waals surface area contributed by atoms with Crippen LogP contribution < -0.4 is 5.32 Å². The van der Waals surface area contributed by atoms with E-state index in [1.807, 2.05) is 0 Å². The highest BCUT2D eigenvalue weighted by Crippen LogP contribution is 2.11. The van der Waals surface area contributed by atoms with Gasteiger partial charge in [-0.2, -0.15) is 11.8 Å². The van der Waals surface area contributed by atoms with Crippen LogP contribution in [0.25, 0.3) is 0 Å². The van der Waals surface area contributed by atoms with Crippen LogP contribution in [0, 0.1) is 0 Å². The molecule has 15 heavy (non-hydrogen) atoms. The Morgan fingerprint density at radius 3 is 2.87 bits per heavy atom. The van der Waals surface area contributed by atoms with Gasteiger partial charge in [0.05, 0.1) is 0 Å². The van der Waals surface area contributed by atoms with E-state index >= 15 is 0 Å². The Hall–Kier alpha value is 0.420. The molecule has 88 valence electrons. The van der Waals surface area contributed by atoms with Crippen molar-refractivity contribution in [3.05, 3.63) is 0 Å². The number of nitrogens with zero attached hydrogens (tertiary/aromatic N) is 1. The molecule has 0 aromatic carbocycles. The van der Waals surface area contributed by atoms with E-state index in [-0.39, 0.29) is 0 Å². The molecule has 1 N–H and O–H groups in total. The molecule has 1 atom stereocenters. The van der Waals surface area contributed by atoms with Crippen LogP contribution in [0.4, 0.5) is 0 Å². The maximum atomic E-state index is 11.2. The highest BCUT2D eigenvalue weighted by Gasteiger charge is 2.17. The zero-order valence-corrected chi connectivity index (χ0v) is 10.7. The first kappa shape index (κ1) is 11.9. The summed E-state index contributed by atoms with van der Waals surface area (Å²) in [6.45, 7) is 4.41. The first-order valence-corrected chi connectivity index (χ1v) is 8.37. The number of rotatable bonds is 3. The van der Waals surface area contributed by atoms with Crippen LogP contribution >= 0.6 is 11.8 Å². The smallest absolute Gasteiger partial charge is 0.0363 e. The molecule has 1 unspecified atom stereocenters. The van der Waals surface area contributed by atoms with Gasteiger partial charge < -0.3 is 10.2 Å². The molecule has 2 aliphatic heterocycles. The van der Waals surface area contributed by atoms with Gasteiger partial charge in [-0.1, -0.05) is 0 Å². The summed E-state index contributed by atoms with van der Waals surface area (Å²) in [4.78, 5) is 2.46. The van der Waals surface area contributed by atoms with Crippen molar-refractivity contribution in [1.29, 1.82) is 0 Å². The van der Waals surface area contributed by atoms with Gasteiger partial charge in [0, 0.05) is 59.5 Å². The van der Waals surface area contributed by atoms with Gasteiger partial charge >= 0.3 is 0 Å². The van der Waals surface area contributed by atoms with Crippen LogP contribution in [0.3, 0.4) is 0 Å². The molecular formula is C10H20N2OS2. The molecule has 2 fully saturated rings. The van der Waals surface area contributed by atoms with Crippen molar-refractivity contribution < 1.29 is 4.21 Å². The molecule has 0 aromatic heterocycles. The van der Waals surface area contributed by atoms with Crippen molar-refractivity contribution in [3.8, 4) is 0 Å². The first-order chi connectivity index (χ1) is 7.34. The largest absolute Gasteiger partial charge is 0.312 e. The molecule has 5 heteroatoms. The summed E-state index contributed by atoms with van der Waals surface area (Å²) in [7, 11) is -0.531. The minimum absolute atomic E-state index is 0.531. The summed E-state index contributed by atoms with van der Waals surface area (Å²) in [6, 6.07) is 0.705. The van der Waals surface area contributed by atoms with Crippen LogP contribution in [0.15, 0.2) is 0 Å². The van der Waals surface area contributed by atoms with E-state index in [9.17, 15) is 4.21 Å². The topological polar surface area (TPSA) is 32.3 Å². The Morgan fingerprint density at radius 2 is 2.20 bits per heavy atom. The maximum Gasteiger partial charge on any atom is 0.0363 e. The number of hydrogen-bond donors (Lipinski definition) is 1. The van der Waals surface area contributed by atoms with E-state index < -0.39 is 10.8 Å². The van der Waals surface area contributed by atoms with Gasteiger partial charge in [-0.25, -0.2) is 0 Å². The van der Waals surface area contributed by atoms with Crippen molar-refractivity contribution >= 4 is 22.6 Å². The minimum atomic E-state index is -0.531. The Kier molecular flexibility index (Phi) is 4.94. The SMILES string of the molecule is O=S1CCN(CCC2CSCCN2)CC1. The summed E-state index contributed by atoms with van der Waals surface area (Å²) in [6.07, 6.45) is 1.25. The van der Waals surface area contributed by atoms with Crippen molar-refractivity contribution in [2.24, 2.45) is 0 Å². The third-order valence-electron chi connectivity index (χ3n) is 3.06. The second-order valence-corrected chi connectivity index (χ2v) is 7.05. The molecule has 0 aromatic rings. The van der Waals surface area contributed by atoms with Gasteiger partial charge in [0.1, 0.15) is 0 Å². The molecule has 0 amide bonds. The molecule has 3 nitrogen and oxygen atoms in total. The molecular weight excluding hydrogens is 228 g/mol. The second-order valence-electron chi connectivity index (χ2n) is 4.20. The Labute approximate surface area is 98.8 Å². The Balaban J connectivity index is 1.62. The van der Waals surface area contributed by atoms with Crippen molar-refractivity contribution in [3.63, 3.8) is 0 Å². The molecule has 2 rings (SSSR count). The second kappa shape index (κ2) is 6.23. The summed E-state index contributed by atoms with van der Waals surface area (Å²) in [5.74, 6) is 4.29. The summed E-state index contributed by atoms with van der Waals surface area (Å²) in [5.41, 5.74) is 0. The Bertz CT molecular complexity index is 209. The van der Waals surface area contributed by atoms with Gasteiger partial charge in [0.25, 0.3) is 0 Å². The zero-order chi connectivity index (χ0) is 10.5. The van der Waals surface area contributed by atoms with Gasteiger partial charge in [-0.15, -0.1) is 0 Å². The van der Waals surface area contributed by atoms with Crippen LogP contribution in [-0.2, 0) is 10.8 Å². The summed E-state index contributed by atoms with van der Waals surface area (Å²) in [5, 5.41) is 3.56. The maximum absolute atomic E-state index is 11.2. The molecule has 2 aliphatic rings. The fraction of sp³-hybridized carbons (Fsp3) is 1.00. The first-order valence-electron chi connectivity index (χ1n) is 5.73. The normalized spacial score (nSPS) is 30.5. The fourth-order valence-electron chi connectivity index (χ4n) is 2.04. The lowest BCUT2D eigenvalue weighted by Crippen LogP contribution is -2.43. The standard InChI is InChI=1S/C10H20N2OS2/c13-15-7-4-12(5-8-15)3-1-10-9-14-6-2-11-10/h10-11H,1-9H2. The van der Waals surface area contributed by atoms with Gasteiger partial charge in [-0.3, -0.25) is 4.21 Å². The zero-order valence-electron chi connectivity index (χ0n) is 9.11. The molecule has 2 heterocycles. The average Bonchev–Trinajstić information content (AvgIpc) is 2.30. The molecule has 0 spiro atoms. The lowest BCUT2D eigenvalue weighted by atomic mass is 10.2. The van der Waals surface area contributed by atoms with Crippen LogP contribution in [0.5, 0.6) is 0 Å². The third kappa shape index (κ3) is 4.06. The van der Waals surface area contributed by atoms with Gasteiger partial charge in [-0.05, 0) is 13.0 Å². The van der Waals surface area contributed by atoms with E-state index in [1.54, 1.807) is 0 Å². The predicted molar refractivity (Wildman–Crippen MR) is 68.0 cm³/mol. The highest BCUT2D eigenvalue weighted by atomic mass is 32.2. The summed E-state index contributed by atoms with van der Waals surface area (Å²) < 4.78 is 11.2. The average molecular weight is 248 g/mol. The van der Waals surface area contributed by atoms with Gasteiger partial charge in [0.15, 0.2) is 0 Å². The lowest BCUT2D eigenvalue weighted by molar-refractivity contribution is 0.282. The minimum Gasteiger partial charge on any atom is -0.312 e. The Morgan fingerprint density at radius 1 is 1.40 bits per heavy atom. The van der Waals surface area contributed by atoms with Crippen LogP contribution in [0.2, 0.25) is 0 Å². The van der Waals surface area contributed by atoms with E-state index in [4.69, 9.17) is 0 Å². The molecule has 0 aliphatic carbocycles. The van der Waals surface area contributed by atoms with Crippen molar-refractivity contribution in [2.75, 3.05) is 49.2 Å². The van der Waals surface area contributed by atoms with E-state index in [1.165, 1.54) is 31.0 Å². The summed E-state index contributed by atoms with van der Waals surface area (Å²) >= 11 is 2.06. The lowest BCUT2D eigenvalue weighted by Gasteiger charge is -2.29. The molecule has 0 saturated carbocycles. The number of hydrogen-bond acceptors (Lipinski definition) is 4. The third-order valence-corrected chi connectivity index (χ3v) is 5.47. The van der Waals surface area contributed by atoms with Crippen LogP contribution in [0.1, 0.15) is 6.42 Å².